The normalized spacial score (nSPS) is 14.4. The first-order valence-electron chi connectivity index (χ1n) is 21.3. The third kappa shape index (κ3) is 38.1. The van der Waals surface area contributed by atoms with Gasteiger partial charge in [-0.05, 0) is 77.0 Å². The van der Waals surface area contributed by atoms with E-state index in [2.05, 4.69) is 67.0 Å². The molecule has 322 valence electrons. The number of rotatable bonds is 39. The zero-order valence-electron chi connectivity index (χ0n) is 34.7. The van der Waals surface area contributed by atoms with Crippen molar-refractivity contribution in [3.63, 3.8) is 0 Å². The number of unbranched alkanes of at least 4 members (excludes halogenated alkanes) is 15. The number of hydrogen-bond donors (Lipinski definition) is 3. The quantitative estimate of drug-likeness (QED) is 0.0233. The summed E-state index contributed by atoms with van der Waals surface area (Å²) in [6.07, 6.45) is 44.3. The standard InChI is InChI=1S/C44H76NO10P/c1-3-5-7-9-11-13-15-17-19-20-22-24-26-28-30-32-34-36-43(47)55-40(38-53-56(50,51)54-39-41(45)44(48)49)37-52-42(46)35-33-31-29-27-25-23-21-18-16-14-12-10-8-6-4-2/h11,13-14,16-17,19,22,24,28,30,40-41H,3-10,12,15,18,20-21,23,25-27,29,31-39,45H2,1-2H3,(H,48,49)(H,50,51)/b13-11-,16-14-,19-17-,24-22-,30-28-/t40-,41+/m1/s1. The summed E-state index contributed by atoms with van der Waals surface area (Å²) in [5, 5.41) is 8.88. The predicted molar refractivity (Wildman–Crippen MR) is 226 cm³/mol. The van der Waals surface area contributed by atoms with Crippen molar-refractivity contribution < 1.29 is 47.5 Å². The molecule has 0 aliphatic heterocycles. The van der Waals surface area contributed by atoms with Crippen LogP contribution in [0.1, 0.15) is 168 Å². The largest absolute Gasteiger partial charge is 0.480 e. The second-order valence-electron chi connectivity index (χ2n) is 14.1. The van der Waals surface area contributed by atoms with Crippen molar-refractivity contribution in [2.24, 2.45) is 5.73 Å². The van der Waals surface area contributed by atoms with Gasteiger partial charge in [-0.15, -0.1) is 0 Å². The van der Waals surface area contributed by atoms with Crippen molar-refractivity contribution in [3.8, 4) is 0 Å². The number of carboxylic acid groups (broad SMARTS) is 1. The number of carboxylic acids is 1. The summed E-state index contributed by atoms with van der Waals surface area (Å²) >= 11 is 0. The molecule has 56 heavy (non-hydrogen) atoms. The molecular weight excluding hydrogens is 733 g/mol. The number of hydrogen-bond acceptors (Lipinski definition) is 9. The molecule has 11 nitrogen and oxygen atoms in total. The van der Waals surface area contributed by atoms with E-state index in [1.54, 1.807) is 0 Å². The van der Waals surface area contributed by atoms with Crippen LogP contribution in [0.2, 0.25) is 0 Å². The molecule has 0 aliphatic rings. The van der Waals surface area contributed by atoms with E-state index < -0.39 is 51.1 Å². The Morgan fingerprint density at radius 3 is 1.52 bits per heavy atom. The average molecular weight is 810 g/mol. The van der Waals surface area contributed by atoms with Gasteiger partial charge in [0.05, 0.1) is 13.2 Å². The molecule has 0 aromatic heterocycles. The first-order valence-corrected chi connectivity index (χ1v) is 22.8. The maximum atomic E-state index is 12.6. The van der Waals surface area contributed by atoms with Crippen molar-refractivity contribution in [2.45, 2.75) is 180 Å². The fourth-order valence-electron chi connectivity index (χ4n) is 5.34. The van der Waals surface area contributed by atoms with Gasteiger partial charge in [0.25, 0.3) is 0 Å². The summed E-state index contributed by atoms with van der Waals surface area (Å²) in [5.41, 5.74) is 5.32. The number of aliphatic carboxylic acids is 1. The molecule has 0 bridgehead atoms. The monoisotopic (exact) mass is 810 g/mol. The minimum absolute atomic E-state index is 0.0824. The Morgan fingerprint density at radius 2 is 0.964 bits per heavy atom. The van der Waals surface area contributed by atoms with E-state index in [0.29, 0.717) is 19.3 Å². The predicted octanol–water partition coefficient (Wildman–Crippen LogP) is 11.2. The van der Waals surface area contributed by atoms with E-state index in [1.165, 1.54) is 70.6 Å². The van der Waals surface area contributed by atoms with Crippen molar-refractivity contribution in [2.75, 3.05) is 19.8 Å². The van der Waals surface area contributed by atoms with E-state index in [-0.39, 0.29) is 19.4 Å². The van der Waals surface area contributed by atoms with Gasteiger partial charge < -0.3 is 25.2 Å². The maximum Gasteiger partial charge on any atom is 0.472 e. The number of esters is 2. The fraction of sp³-hybridized carbons (Fsp3) is 0.705. The van der Waals surface area contributed by atoms with E-state index in [4.69, 9.17) is 24.8 Å². The number of carbonyl (C=O) groups is 3. The SMILES string of the molecule is CCCCC/C=C\C/C=C\C/C=C\C/C=C\CCCC(=O)O[C@H](COC(=O)CCCCCCCCC/C=C\CCCCCC)COP(=O)(O)OC[C@H](N)C(=O)O. The molecule has 0 amide bonds. The first kappa shape index (κ1) is 53.2. The lowest BCUT2D eigenvalue weighted by Gasteiger charge is -2.20. The van der Waals surface area contributed by atoms with Crippen LogP contribution in [-0.4, -0.2) is 59.9 Å². The lowest BCUT2D eigenvalue weighted by molar-refractivity contribution is -0.161. The molecule has 0 fully saturated rings. The molecule has 0 saturated heterocycles. The molecule has 3 atom stereocenters. The second kappa shape index (κ2) is 39.0. The Hall–Kier alpha value is -2.82. The molecular formula is C44H76NO10P. The van der Waals surface area contributed by atoms with Crippen molar-refractivity contribution >= 4 is 25.7 Å². The highest BCUT2D eigenvalue weighted by molar-refractivity contribution is 7.47. The molecule has 4 N–H and O–H groups in total. The summed E-state index contributed by atoms with van der Waals surface area (Å²) in [6, 6.07) is -1.53. The van der Waals surface area contributed by atoms with Crippen molar-refractivity contribution in [3.05, 3.63) is 60.8 Å². The first-order chi connectivity index (χ1) is 27.1. The molecule has 0 heterocycles. The highest BCUT2D eigenvalue weighted by atomic mass is 31.2. The highest BCUT2D eigenvalue weighted by Crippen LogP contribution is 2.43. The molecule has 0 aliphatic carbocycles. The van der Waals surface area contributed by atoms with Gasteiger partial charge >= 0.3 is 25.7 Å². The van der Waals surface area contributed by atoms with Gasteiger partial charge in [0.2, 0.25) is 0 Å². The summed E-state index contributed by atoms with van der Waals surface area (Å²) in [7, 11) is -4.73. The van der Waals surface area contributed by atoms with Gasteiger partial charge in [0, 0.05) is 12.8 Å². The summed E-state index contributed by atoms with van der Waals surface area (Å²) in [4.78, 5) is 45.9. The fourth-order valence-corrected chi connectivity index (χ4v) is 6.12. The van der Waals surface area contributed by atoms with Gasteiger partial charge in [-0.2, -0.15) is 0 Å². The van der Waals surface area contributed by atoms with E-state index in [0.717, 1.165) is 51.4 Å². The van der Waals surface area contributed by atoms with E-state index >= 15 is 0 Å². The zero-order valence-corrected chi connectivity index (χ0v) is 35.6. The smallest absolute Gasteiger partial charge is 0.472 e. The topological polar surface area (TPSA) is 172 Å². The molecule has 1 unspecified atom stereocenters. The Morgan fingerprint density at radius 1 is 0.554 bits per heavy atom. The third-order valence-electron chi connectivity index (χ3n) is 8.74. The van der Waals surface area contributed by atoms with Crippen molar-refractivity contribution in [1.82, 2.24) is 0 Å². The number of nitrogens with two attached hydrogens (primary N) is 1. The van der Waals surface area contributed by atoms with Crippen molar-refractivity contribution in [1.29, 1.82) is 0 Å². The van der Waals surface area contributed by atoms with Crippen LogP contribution in [0.3, 0.4) is 0 Å². The Bertz CT molecular complexity index is 1180. The molecule has 0 spiro atoms. The van der Waals surface area contributed by atoms with Crippen LogP contribution in [0.4, 0.5) is 0 Å². The average Bonchev–Trinajstić information content (AvgIpc) is 3.17. The molecule has 12 heteroatoms. The second-order valence-corrected chi connectivity index (χ2v) is 15.6. The van der Waals surface area contributed by atoms with Gasteiger partial charge in [-0.1, -0.05) is 139 Å². The summed E-state index contributed by atoms with van der Waals surface area (Å²) in [6.45, 7) is 2.69. The number of carbonyl (C=O) groups excluding carboxylic acids is 2. The molecule has 0 aromatic rings. The zero-order chi connectivity index (χ0) is 41.4. The van der Waals surface area contributed by atoms with Gasteiger partial charge in [-0.3, -0.25) is 23.4 Å². The van der Waals surface area contributed by atoms with Crippen LogP contribution in [0.15, 0.2) is 60.8 Å². The van der Waals surface area contributed by atoms with Gasteiger partial charge in [0.15, 0.2) is 6.10 Å². The third-order valence-corrected chi connectivity index (χ3v) is 9.69. The summed E-state index contributed by atoms with van der Waals surface area (Å²) < 4.78 is 32.6. The lowest BCUT2D eigenvalue weighted by atomic mass is 10.1. The lowest BCUT2D eigenvalue weighted by Crippen LogP contribution is -2.34. The number of phosphoric ester groups is 1. The molecule has 0 aromatic carbocycles. The Kier molecular flexibility index (Phi) is 37.1. The van der Waals surface area contributed by atoms with Gasteiger partial charge in [-0.25, -0.2) is 4.57 Å². The van der Waals surface area contributed by atoms with E-state index in [9.17, 15) is 23.8 Å². The molecule has 0 saturated carbocycles. The number of allylic oxidation sites excluding steroid dienone is 10. The number of phosphoric acid groups is 1. The number of ether oxygens (including phenoxy) is 2. The van der Waals surface area contributed by atoms with Crippen LogP contribution >= 0.6 is 7.82 Å². The van der Waals surface area contributed by atoms with Crippen LogP contribution in [0, 0.1) is 0 Å². The Labute approximate surface area is 338 Å². The molecule has 0 radical (unpaired) electrons. The Balaban J connectivity index is 4.49. The van der Waals surface area contributed by atoms with Crippen LogP contribution < -0.4 is 5.73 Å². The van der Waals surface area contributed by atoms with Crippen LogP contribution in [-0.2, 0) is 37.5 Å². The van der Waals surface area contributed by atoms with Crippen LogP contribution in [0.25, 0.3) is 0 Å². The van der Waals surface area contributed by atoms with Crippen LogP contribution in [0.5, 0.6) is 0 Å². The summed E-state index contributed by atoms with van der Waals surface area (Å²) in [5.74, 6) is -2.46. The highest BCUT2D eigenvalue weighted by Gasteiger charge is 2.28. The van der Waals surface area contributed by atoms with E-state index in [1.807, 2.05) is 12.2 Å². The molecule has 0 rings (SSSR count). The minimum Gasteiger partial charge on any atom is -0.480 e. The maximum absolute atomic E-state index is 12.6. The van der Waals surface area contributed by atoms with Gasteiger partial charge in [0.1, 0.15) is 12.6 Å². The minimum atomic E-state index is -4.73.